The summed E-state index contributed by atoms with van der Waals surface area (Å²) in [7, 11) is 0. The van der Waals surface area contributed by atoms with Crippen molar-refractivity contribution in [2.45, 2.75) is 58.0 Å². The minimum absolute atomic E-state index is 0.0722. The minimum Gasteiger partial charge on any atom is -0.342 e. The molecule has 2 amide bonds. The van der Waals surface area contributed by atoms with E-state index in [4.69, 9.17) is 11.6 Å². The number of carbonyl (C=O) groups is 2. The lowest BCUT2D eigenvalue weighted by Crippen LogP contribution is -2.52. The number of likely N-dealkylation sites (tertiary alicyclic amines) is 1. The van der Waals surface area contributed by atoms with E-state index in [1.54, 1.807) is 0 Å². The standard InChI is InChI=1S/C27H31ClN2O2/c1-18(2)30-17-21-6-4-3-5-20(21)16-27(26(30)32)11-13-29(14-12-27)25(31)24-15-23(24)19-7-9-22(28)10-8-19/h3-10,18,23-24H,11-17H2,1-2H3. The third kappa shape index (κ3) is 3.83. The van der Waals surface area contributed by atoms with Gasteiger partial charge in [-0.25, -0.2) is 0 Å². The Balaban J connectivity index is 1.30. The molecule has 2 atom stereocenters. The second kappa shape index (κ2) is 8.22. The van der Waals surface area contributed by atoms with Gasteiger partial charge in [0.15, 0.2) is 0 Å². The maximum atomic E-state index is 13.7. The summed E-state index contributed by atoms with van der Waals surface area (Å²) in [6.45, 7) is 6.22. The van der Waals surface area contributed by atoms with Gasteiger partial charge in [0.05, 0.1) is 5.41 Å². The number of benzene rings is 2. The molecule has 168 valence electrons. The first-order valence-corrected chi connectivity index (χ1v) is 12.2. The molecule has 2 fully saturated rings. The Morgan fingerprint density at radius 3 is 2.34 bits per heavy atom. The smallest absolute Gasteiger partial charge is 0.229 e. The van der Waals surface area contributed by atoms with Gasteiger partial charge < -0.3 is 9.80 Å². The first-order valence-electron chi connectivity index (χ1n) is 11.8. The maximum absolute atomic E-state index is 13.7. The highest BCUT2D eigenvalue weighted by Gasteiger charge is 2.50. The summed E-state index contributed by atoms with van der Waals surface area (Å²) in [4.78, 5) is 31.0. The van der Waals surface area contributed by atoms with E-state index in [1.165, 1.54) is 16.7 Å². The maximum Gasteiger partial charge on any atom is 0.229 e. The second-order valence-electron chi connectivity index (χ2n) is 10.1. The number of hydrogen-bond acceptors (Lipinski definition) is 2. The predicted octanol–water partition coefficient (Wildman–Crippen LogP) is 5.05. The van der Waals surface area contributed by atoms with E-state index in [0.717, 1.165) is 30.7 Å². The zero-order valence-electron chi connectivity index (χ0n) is 18.9. The molecule has 2 aromatic carbocycles. The van der Waals surface area contributed by atoms with Crippen LogP contribution < -0.4 is 0 Å². The van der Waals surface area contributed by atoms with E-state index in [2.05, 4.69) is 38.1 Å². The average molecular weight is 451 g/mol. The molecule has 0 bridgehead atoms. The fourth-order valence-corrected chi connectivity index (χ4v) is 5.75. The number of fused-ring (bicyclic) bond motifs is 1. The number of hydrogen-bond donors (Lipinski definition) is 0. The first-order chi connectivity index (χ1) is 15.4. The normalized spacial score (nSPS) is 24.4. The van der Waals surface area contributed by atoms with Crippen LogP contribution in [0.1, 0.15) is 55.7 Å². The van der Waals surface area contributed by atoms with E-state index in [-0.39, 0.29) is 23.8 Å². The largest absolute Gasteiger partial charge is 0.342 e. The highest BCUT2D eigenvalue weighted by Crippen LogP contribution is 2.49. The summed E-state index contributed by atoms with van der Waals surface area (Å²) in [5.74, 6) is 0.893. The van der Waals surface area contributed by atoms with Crippen LogP contribution in [-0.4, -0.2) is 40.7 Å². The van der Waals surface area contributed by atoms with Gasteiger partial charge in [0.25, 0.3) is 0 Å². The average Bonchev–Trinajstić information content (AvgIpc) is 3.60. The Hall–Kier alpha value is -2.33. The molecule has 2 heterocycles. The van der Waals surface area contributed by atoms with E-state index in [9.17, 15) is 9.59 Å². The van der Waals surface area contributed by atoms with Crippen LogP contribution in [0.15, 0.2) is 48.5 Å². The second-order valence-corrected chi connectivity index (χ2v) is 10.5. The topological polar surface area (TPSA) is 40.6 Å². The number of nitrogens with zero attached hydrogens (tertiary/aromatic N) is 2. The lowest BCUT2D eigenvalue weighted by atomic mass is 9.72. The van der Waals surface area contributed by atoms with Crippen LogP contribution in [0.25, 0.3) is 0 Å². The Kier molecular flexibility index (Phi) is 5.53. The fraction of sp³-hybridized carbons (Fsp3) is 0.481. The molecule has 1 saturated heterocycles. The van der Waals surface area contributed by atoms with Crippen LogP contribution in [0.3, 0.4) is 0 Å². The SMILES string of the molecule is CC(C)N1Cc2ccccc2CC2(CCN(C(=O)C3CC3c3ccc(Cl)cc3)CC2)C1=O. The summed E-state index contributed by atoms with van der Waals surface area (Å²) in [5, 5.41) is 0.726. The van der Waals surface area contributed by atoms with Gasteiger partial charge in [0, 0.05) is 36.6 Å². The van der Waals surface area contributed by atoms with Crippen molar-refractivity contribution in [3.05, 3.63) is 70.2 Å². The van der Waals surface area contributed by atoms with Crippen molar-refractivity contribution >= 4 is 23.4 Å². The van der Waals surface area contributed by atoms with Gasteiger partial charge in [-0.2, -0.15) is 0 Å². The highest BCUT2D eigenvalue weighted by atomic mass is 35.5. The zero-order chi connectivity index (χ0) is 22.5. The highest BCUT2D eigenvalue weighted by molar-refractivity contribution is 6.30. The molecule has 0 aromatic heterocycles. The summed E-state index contributed by atoms with van der Waals surface area (Å²) in [6.07, 6.45) is 3.18. The van der Waals surface area contributed by atoms with Gasteiger partial charge >= 0.3 is 0 Å². The molecule has 32 heavy (non-hydrogen) atoms. The molecule has 4 nitrogen and oxygen atoms in total. The molecule has 1 spiro atoms. The summed E-state index contributed by atoms with van der Waals surface area (Å²) in [6, 6.07) is 16.5. The number of piperidine rings is 1. The van der Waals surface area contributed by atoms with E-state index in [1.807, 2.05) is 34.1 Å². The summed E-state index contributed by atoms with van der Waals surface area (Å²) < 4.78 is 0. The lowest BCUT2D eigenvalue weighted by molar-refractivity contribution is -0.150. The van der Waals surface area contributed by atoms with Gasteiger partial charge in [-0.3, -0.25) is 9.59 Å². The van der Waals surface area contributed by atoms with Crippen molar-refractivity contribution in [3.8, 4) is 0 Å². The Morgan fingerprint density at radius 2 is 1.69 bits per heavy atom. The number of amides is 2. The van der Waals surface area contributed by atoms with Gasteiger partial charge in [-0.05, 0) is 74.3 Å². The molecule has 2 aliphatic heterocycles. The van der Waals surface area contributed by atoms with Gasteiger partial charge in [-0.1, -0.05) is 48.0 Å². The van der Waals surface area contributed by atoms with Crippen LogP contribution in [0, 0.1) is 11.3 Å². The Bertz CT molecular complexity index is 1020. The number of halogens is 1. The van der Waals surface area contributed by atoms with Crippen molar-refractivity contribution in [1.82, 2.24) is 9.80 Å². The molecule has 2 aromatic rings. The van der Waals surface area contributed by atoms with Crippen LogP contribution in [0.2, 0.25) is 5.02 Å². The van der Waals surface area contributed by atoms with Crippen LogP contribution in [0.5, 0.6) is 0 Å². The number of carbonyl (C=O) groups excluding carboxylic acids is 2. The molecular weight excluding hydrogens is 420 g/mol. The molecule has 0 radical (unpaired) electrons. The van der Waals surface area contributed by atoms with Gasteiger partial charge in [-0.15, -0.1) is 0 Å². The quantitative estimate of drug-likeness (QED) is 0.656. The van der Waals surface area contributed by atoms with Crippen molar-refractivity contribution in [2.75, 3.05) is 13.1 Å². The number of rotatable bonds is 3. The molecule has 1 aliphatic carbocycles. The third-order valence-electron chi connectivity index (χ3n) is 7.76. The molecule has 5 heteroatoms. The predicted molar refractivity (Wildman–Crippen MR) is 126 cm³/mol. The molecule has 0 N–H and O–H groups in total. The van der Waals surface area contributed by atoms with Crippen molar-refractivity contribution in [1.29, 1.82) is 0 Å². The molecule has 3 aliphatic rings. The van der Waals surface area contributed by atoms with Crippen molar-refractivity contribution < 1.29 is 9.59 Å². The Morgan fingerprint density at radius 1 is 1.03 bits per heavy atom. The minimum atomic E-state index is -0.396. The van der Waals surface area contributed by atoms with Crippen molar-refractivity contribution in [3.63, 3.8) is 0 Å². The molecule has 1 saturated carbocycles. The molecule has 5 rings (SSSR count). The van der Waals surface area contributed by atoms with Crippen LogP contribution in [0.4, 0.5) is 0 Å². The molecule has 2 unspecified atom stereocenters. The van der Waals surface area contributed by atoms with Gasteiger partial charge in [0.1, 0.15) is 0 Å². The zero-order valence-corrected chi connectivity index (χ0v) is 19.6. The van der Waals surface area contributed by atoms with Crippen LogP contribution in [-0.2, 0) is 22.6 Å². The van der Waals surface area contributed by atoms with E-state index in [0.29, 0.717) is 25.6 Å². The fourth-order valence-electron chi connectivity index (χ4n) is 5.63. The van der Waals surface area contributed by atoms with Crippen LogP contribution >= 0.6 is 11.6 Å². The third-order valence-corrected chi connectivity index (χ3v) is 8.02. The van der Waals surface area contributed by atoms with Gasteiger partial charge in [0.2, 0.25) is 11.8 Å². The van der Waals surface area contributed by atoms with Crippen molar-refractivity contribution in [2.24, 2.45) is 11.3 Å². The lowest BCUT2D eigenvalue weighted by Gasteiger charge is -2.43. The first kappa shape index (κ1) is 21.5. The Labute approximate surface area is 195 Å². The van der Waals surface area contributed by atoms with E-state index >= 15 is 0 Å². The summed E-state index contributed by atoms with van der Waals surface area (Å²) >= 11 is 6.01. The monoisotopic (exact) mass is 450 g/mol. The summed E-state index contributed by atoms with van der Waals surface area (Å²) in [5.41, 5.74) is 3.35. The van der Waals surface area contributed by atoms with E-state index < -0.39 is 5.41 Å². The molecular formula is C27H31ClN2O2.